The number of piperidine rings is 3. The molecule has 1 amide bonds. The number of nitrogens with one attached hydrogen (secondary N) is 1. The number of carbonyl (C=O) groups is 1. The summed E-state index contributed by atoms with van der Waals surface area (Å²) in [5.74, 6) is 1.45. The molecule has 2 bridgehead atoms. The molecule has 0 saturated carbocycles. The van der Waals surface area contributed by atoms with Gasteiger partial charge in [0, 0.05) is 23.7 Å². The van der Waals surface area contributed by atoms with Crippen LogP contribution in [-0.2, 0) is 0 Å². The van der Waals surface area contributed by atoms with Gasteiger partial charge in [-0.2, -0.15) is 0 Å². The number of methoxy groups -OCH3 is 1. The third-order valence-corrected chi connectivity index (χ3v) is 4.72. The van der Waals surface area contributed by atoms with Crippen LogP contribution in [0.25, 0.3) is 0 Å². The van der Waals surface area contributed by atoms with Gasteiger partial charge in [-0.05, 0) is 50.9 Å². The van der Waals surface area contributed by atoms with Gasteiger partial charge in [-0.25, -0.2) is 0 Å². The summed E-state index contributed by atoms with van der Waals surface area (Å²) in [6, 6.07) is 5.93. The van der Waals surface area contributed by atoms with Crippen molar-refractivity contribution in [2.24, 2.45) is 5.92 Å². The fourth-order valence-electron chi connectivity index (χ4n) is 3.46. The Kier molecular flexibility index (Phi) is 5.12. The highest BCUT2D eigenvalue weighted by Gasteiger charge is 2.35. The normalized spacial score (nSPS) is 26.9. The second-order valence-electron chi connectivity index (χ2n) is 5.85. The molecule has 3 heterocycles. The Balaban J connectivity index is 0.00000161. The van der Waals surface area contributed by atoms with Crippen LogP contribution in [0.4, 0.5) is 0 Å². The molecule has 21 heavy (non-hydrogen) atoms. The quantitative estimate of drug-likeness (QED) is 0.931. The predicted octanol–water partition coefficient (Wildman–Crippen LogP) is 2.25. The summed E-state index contributed by atoms with van der Waals surface area (Å²) in [6.45, 7) is 5.31. The highest BCUT2D eigenvalue weighted by atomic mass is 35.5. The maximum Gasteiger partial charge on any atom is 0.251 e. The van der Waals surface area contributed by atoms with Gasteiger partial charge in [-0.15, -0.1) is 12.4 Å². The zero-order valence-corrected chi connectivity index (χ0v) is 13.4. The van der Waals surface area contributed by atoms with Crippen molar-refractivity contribution < 1.29 is 9.53 Å². The van der Waals surface area contributed by atoms with Gasteiger partial charge in [0.2, 0.25) is 0 Å². The van der Waals surface area contributed by atoms with Crippen LogP contribution >= 0.6 is 12.4 Å². The zero-order valence-electron chi connectivity index (χ0n) is 12.6. The second-order valence-corrected chi connectivity index (χ2v) is 5.85. The minimum absolute atomic E-state index is 0. The summed E-state index contributed by atoms with van der Waals surface area (Å²) >= 11 is 0. The Morgan fingerprint density at radius 1 is 1.33 bits per heavy atom. The van der Waals surface area contributed by atoms with E-state index in [0.29, 0.717) is 12.0 Å². The van der Waals surface area contributed by atoms with E-state index in [0.717, 1.165) is 23.4 Å². The van der Waals surface area contributed by atoms with Crippen LogP contribution in [0.5, 0.6) is 5.75 Å². The molecule has 3 aliphatic heterocycles. The van der Waals surface area contributed by atoms with Crippen LogP contribution in [0, 0.1) is 12.8 Å². The van der Waals surface area contributed by atoms with E-state index in [2.05, 4.69) is 10.2 Å². The van der Waals surface area contributed by atoms with Gasteiger partial charge in [0.05, 0.1) is 7.11 Å². The molecule has 0 spiro atoms. The highest BCUT2D eigenvalue weighted by Crippen LogP contribution is 2.28. The molecule has 1 N–H and O–H groups in total. The topological polar surface area (TPSA) is 41.6 Å². The van der Waals surface area contributed by atoms with Crippen LogP contribution < -0.4 is 10.1 Å². The molecule has 1 aromatic carbocycles. The standard InChI is InChI=1S/C16H22N2O2.ClH/c1-11-13(4-3-5-15(11)20-2)16(19)17-14-10-18-8-6-12(14)7-9-18;/h3-5,12,14H,6-10H2,1-2H3,(H,17,19);1H. The molecular formula is C16H23ClN2O2. The van der Waals surface area contributed by atoms with Gasteiger partial charge in [-0.1, -0.05) is 6.07 Å². The van der Waals surface area contributed by atoms with Crippen molar-refractivity contribution in [1.29, 1.82) is 0 Å². The van der Waals surface area contributed by atoms with Gasteiger partial charge in [0.15, 0.2) is 0 Å². The first kappa shape index (κ1) is 16.1. The third kappa shape index (κ3) is 3.16. The minimum Gasteiger partial charge on any atom is -0.496 e. The monoisotopic (exact) mass is 310 g/mol. The first-order valence-electron chi connectivity index (χ1n) is 7.36. The number of hydrogen-bond donors (Lipinski definition) is 1. The highest BCUT2D eigenvalue weighted by molar-refractivity contribution is 5.96. The van der Waals surface area contributed by atoms with Crippen LogP contribution in [-0.4, -0.2) is 43.6 Å². The largest absolute Gasteiger partial charge is 0.496 e. The van der Waals surface area contributed by atoms with E-state index in [-0.39, 0.29) is 18.3 Å². The van der Waals surface area contributed by atoms with Crippen molar-refractivity contribution >= 4 is 18.3 Å². The molecule has 1 unspecified atom stereocenters. The van der Waals surface area contributed by atoms with Crippen molar-refractivity contribution in [3.8, 4) is 5.75 Å². The van der Waals surface area contributed by atoms with Gasteiger partial charge >= 0.3 is 0 Å². The maximum atomic E-state index is 12.5. The summed E-state index contributed by atoms with van der Waals surface area (Å²) in [5.41, 5.74) is 1.63. The van der Waals surface area contributed by atoms with Crippen molar-refractivity contribution in [1.82, 2.24) is 10.2 Å². The summed E-state index contributed by atoms with van der Waals surface area (Å²) in [7, 11) is 1.64. The van der Waals surface area contributed by atoms with E-state index in [1.165, 1.54) is 25.9 Å². The van der Waals surface area contributed by atoms with Crippen LogP contribution in [0.2, 0.25) is 0 Å². The molecule has 116 valence electrons. The average molecular weight is 311 g/mol. The fourth-order valence-corrected chi connectivity index (χ4v) is 3.46. The van der Waals surface area contributed by atoms with Crippen molar-refractivity contribution in [3.05, 3.63) is 29.3 Å². The number of benzene rings is 1. The van der Waals surface area contributed by atoms with Crippen molar-refractivity contribution in [2.75, 3.05) is 26.7 Å². The van der Waals surface area contributed by atoms with E-state index in [9.17, 15) is 4.79 Å². The smallest absolute Gasteiger partial charge is 0.251 e. The number of nitrogens with zero attached hydrogens (tertiary/aromatic N) is 1. The Bertz CT molecular complexity index is 513. The molecular weight excluding hydrogens is 288 g/mol. The number of amides is 1. The lowest BCUT2D eigenvalue weighted by Crippen LogP contribution is -2.57. The molecule has 3 aliphatic rings. The number of carbonyl (C=O) groups excluding carboxylic acids is 1. The predicted molar refractivity (Wildman–Crippen MR) is 85.4 cm³/mol. The van der Waals surface area contributed by atoms with Gasteiger partial charge in [0.25, 0.3) is 5.91 Å². The van der Waals surface area contributed by atoms with Crippen molar-refractivity contribution in [2.45, 2.75) is 25.8 Å². The Morgan fingerprint density at radius 2 is 2.05 bits per heavy atom. The number of fused-ring (bicyclic) bond motifs is 3. The fraction of sp³-hybridized carbons (Fsp3) is 0.562. The number of ether oxygens (including phenoxy) is 1. The first-order chi connectivity index (χ1) is 9.69. The van der Waals surface area contributed by atoms with E-state index in [1.807, 2.05) is 25.1 Å². The zero-order chi connectivity index (χ0) is 14.1. The molecule has 3 saturated heterocycles. The van der Waals surface area contributed by atoms with Crippen LogP contribution in [0.1, 0.15) is 28.8 Å². The Hall–Kier alpha value is -1.26. The van der Waals surface area contributed by atoms with Gasteiger partial charge < -0.3 is 15.0 Å². The molecule has 1 atom stereocenters. The maximum absolute atomic E-state index is 12.5. The lowest BCUT2D eigenvalue weighted by molar-refractivity contribution is 0.0620. The molecule has 0 aromatic heterocycles. The van der Waals surface area contributed by atoms with E-state index in [1.54, 1.807) is 7.11 Å². The molecule has 3 fully saturated rings. The molecule has 5 heteroatoms. The van der Waals surface area contributed by atoms with E-state index < -0.39 is 0 Å². The van der Waals surface area contributed by atoms with E-state index >= 15 is 0 Å². The number of halogens is 1. The van der Waals surface area contributed by atoms with E-state index in [4.69, 9.17) is 4.74 Å². The minimum atomic E-state index is 0. The first-order valence-corrected chi connectivity index (χ1v) is 7.36. The number of hydrogen-bond acceptors (Lipinski definition) is 3. The summed E-state index contributed by atoms with van der Waals surface area (Å²) in [4.78, 5) is 14.9. The SMILES string of the molecule is COc1cccc(C(=O)NC2CN3CCC2CC3)c1C.Cl. The summed E-state index contributed by atoms with van der Waals surface area (Å²) < 4.78 is 5.29. The number of rotatable bonds is 3. The lowest BCUT2D eigenvalue weighted by Gasteiger charge is -2.45. The summed E-state index contributed by atoms with van der Waals surface area (Å²) in [5, 5.41) is 3.22. The molecule has 0 aliphatic carbocycles. The van der Waals surface area contributed by atoms with Crippen molar-refractivity contribution in [3.63, 3.8) is 0 Å². The molecule has 1 aromatic rings. The second kappa shape index (κ2) is 6.67. The summed E-state index contributed by atoms with van der Waals surface area (Å²) in [6.07, 6.45) is 2.42. The Labute approximate surface area is 132 Å². The molecule has 4 rings (SSSR count). The van der Waals surface area contributed by atoms with Crippen LogP contribution in [0.3, 0.4) is 0 Å². The molecule has 0 radical (unpaired) electrons. The molecule has 4 nitrogen and oxygen atoms in total. The third-order valence-electron chi connectivity index (χ3n) is 4.72. The van der Waals surface area contributed by atoms with Gasteiger partial charge in [-0.3, -0.25) is 4.79 Å². The average Bonchev–Trinajstić information content (AvgIpc) is 2.48. The van der Waals surface area contributed by atoms with Crippen LogP contribution in [0.15, 0.2) is 18.2 Å². The lowest BCUT2D eigenvalue weighted by atomic mass is 9.84. The Morgan fingerprint density at radius 3 is 2.62 bits per heavy atom. The van der Waals surface area contributed by atoms with Gasteiger partial charge in [0.1, 0.15) is 5.75 Å².